The van der Waals surface area contributed by atoms with Crippen LogP contribution in [0.1, 0.15) is 39.5 Å². The molecular formula is C14H24N2O3. The topological polar surface area (TPSA) is 60.9 Å². The lowest BCUT2D eigenvalue weighted by atomic mass is 9.84. The Morgan fingerprint density at radius 1 is 1.37 bits per heavy atom. The fourth-order valence-electron chi connectivity index (χ4n) is 3.01. The molecule has 1 amide bonds. The number of aliphatic carboxylic acids is 1. The van der Waals surface area contributed by atoms with Gasteiger partial charge in [0.1, 0.15) is 0 Å². The van der Waals surface area contributed by atoms with E-state index in [1.54, 1.807) is 0 Å². The fourth-order valence-corrected chi connectivity index (χ4v) is 3.01. The van der Waals surface area contributed by atoms with Gasteiger partial charge in [-0.1, -0.05) is 6.92 Å². The van der Waals surface area contributed by atoms with Crippen molar-refractivity contribution in [3.05, 3.63) is 0 Å². The molecule has 5 heteroatoms. The van der Waals surface area contributed by atoms with Crippen LogP contribution in [0.2, 0.25) is 0 Å². The van der Waals surface area contributed by atoms with Gasteiger partial charge in [0, 0.05) is 19.1 Å². The molecule has 108 valence electrons. The molecule has 2 aliphatic rings. The average molecular weight is 268 g/mol. The monoisotopic (exact) mass is 268 g/mol. The summed E-state index contributed by atoms with van der Waals surface area (Å²) in [7, 11) is 0. The number of carboxylic acids is 1. The van der Waals surface area contributed by atoms with Crippen molar-refractivity contribution in [2.24, 2.45) is 5.41 Å². The molecule has 1 aliphatic heterocycles. The zero-order valence-electron chi connectivity index (χ0n) is 11.9. The minimum absolute atomic E-state index is 0.155. The number of amides is 1. The summed E-state index contributed by atoms with van der Waals surface area (Å²) in [5, 5.41) is 9.35. The molecule has 1 unspecified atom stereocenters. The molecule has 5 nitrogen and oxygen atoms in total. The van der Waals surface area contributed by atoms with E-state index >= 15 is 0 Å². The zero-order chi connectivity index (χ0) is 14.0. The summed E-state index contributed by atoms with van der Waals surface area (Å²) in [5.74, 6) is -0.568. The molecule has 19 heavy (non-hydrogen) atoms. The number of hydrogen-bond donors (Lipinski definition) is 1. The van der Waals surface area contributed by atoms with Crippen molar-refractivity contribution in [3.8, 4) is 0 Å². The third-order valence-corrected chi connectivity index (χ3v) is 4.57. The molecule has 0 bridgehead atoms. The van der Waals surface area contributed by atoms with Gasteiger partial charge in [-0.15, -0.1) is 0 Å². The van der Waals surface area contributed by atoms with Crippen LogP contribution >= 0.6 is 0 Å². The van der Waals surface area contributed by atoms with E-state index in [1.165, 1.54) is 0 Å². The van der Waals surface area contributed by atoms with Crippen molar-refractivity contribution < 1.29 is 14.7 Å². The van der Waals surface area contributed by atoms with Gasteiger partial charge in [0.15, 0.2) is 0 Å². The van der Waals surface area contributed by atoms with Crippen LogP contribution in [0.3, 0.4) is 0 Å². The van der Waals surface area contributed by atoms with Crippen LogP contribution in [0, 0.1) is 5.41 Å². The molecule has 2 rings (SSSR count). The Balaban J connectivity index is 1.90. The normalized spacial score (nSPS) is 27.5. The van der Waals surface area contributed by atoms with E-state index in [0.29, 0.717) is 38.5 Å². The number of nitrogens with zero attached hydrogens (tertiary/aromatic N) is 2. The first-order valence-electron chi connectivity index (χ1n) is 7.27. The summed E-state index contributed by atoms with van der Waals surface area (Å²) in [6, 6.07) is 0.440. The SMILES string of the molecule is CCN(C(=O)CN1CCC(CC)(C(=O)O)C1)C1CC1. The molecule has 1 saturated carbocycles. The van der Waals surface area contributed by atoms with E-state index < -0.39 is 11.4 Å². The lowest BCUT2D eigenvalue weighted by molar-refractivity contribution is -0.148. The Kier molecular flexibility index (Phi) is 4.13. The van der Waals surface area contributed by atoms with Gasteiger partial charge in [-0.2, -0.15) is 0 Å². The van der Waals surface area contributed by atoms with Gasteiger partial charge in [0.25, 0.3) is 0 Å². The first kappa shape index (κ1) is 14.3. The zero-order valence-corrected chi connectivity index (χ0v) is 11.9. The Morgan fingerprint density at radius 3 is 2.47 bits per heavy atom. The summed E-state index contributed by atoms with van der Waals surface area (Å²) in [5.41, 5.74) is -0.642. The predicted molar refractivity (Wildman–Crippen MR) is 71.8 cm³/mol. The molecule has 1 aliphatic carbocycles. The van der Waals surface area contributed by atoms with E-state index in [0.717, 1.165) is 19.4 Å². The highest BCUT2D eigenvalue weighted by Gasteiger charge is 2.44. The quantitative estimate of drug-likeness (QED) is 0.786. The van der Waals surface area contributed by atoms with Crippen LogP contribution in [-0.4, -0.2) is 59.0 Å². The van der Waals surface area contributed by atoms with E-state index in [4.69, 9.17) is 0 Å². The highest BCUT2D eigenvalue weighted by Crippen LogP contribution is 2.34. The first-order valence-corrected chi connectivity index (χ1v) is 7.27. The van der Waals surface area contributed by atoms with Crippen LogP contribution < -0.4 is 0 Å². The minimum atomic E-state index is -0.723. The Morgan fingerprint density at radius 2 is 2.05 bits per heavy atom. The molecular weight excluding hydrogens is 244 g/mol. The summed E-state index contributed by atoms with van der Waals surface area (Å²) in [6.45, 7) is 6.28. The van der Waals surface area contributed by atoms with Gasteiger partial charge < -0.3 is 10.0 Å². The van der Waals surface area contributed by atoms with Crippen LogP contribution in [0.5, 0.6) is 0 Å². The van der Waals surface area contributed by atoms with E-state index in [-0.39, 0.29) is 5.91 Å². The summed E-state index contributed by atoms with van der Waals surface area (Å²) < 4.78 is 0. The van der Waals surface area contributed by atoms with Crippen molar-refractivity contribution in [2.45, 2.75) is 45.6 Å². The largest absolute Gasteiger partial charge is 0.481 e. The summed E-state index contributed by atoms with van der Waals surface area (Å²) in [4.78, 5) is 27.5. The Labute approximate surface area is 114 Å². The maximum Gasteiger partial charge on any atom is 0.310 e. The second-order valence-corrected chi connectivity index (χ2v) is 5.81. The fraction of sp³-hybridized carbons (Fsp3) is 0.857. The van der Waals surface area contributed by atoms with Crippen LogP contribution in [0.15, 0.2) is 0 Å². The second kappa shape index (κ2) is 5.49. The van der Waals surface area contributed by atoms with Crippen molar-refractivity contribution in [1.29, 1.82) is 0 Å². The second-order valence-electron chi connectivity index (χ2n) is 5.81. The number of rotatable bonds is 6. The summed E-state index contributed by atoms with van der Waals surface area (Å²) in [6.07, 6.45) is 3.52. The van der Waals surface area contributed by atoms with Gasteiger partial charge in [-0.25, -0.2) is 0 Å². The predicted octanol–water partition coefficient (Wildman–Crippen LogP) is 1.18. The van der Waals surface area contributed by atoms with E-state index in [2.05, 4.69) is 0 Å². The molecule has 1 atom stereocenters. The first-order chi connectivity index (χ1) is 9.02. The molecule has 1 saturated heterocycles. The third-order valence-electron chi connectivity index (χ3n) is 4.57. The number of likely N-dealkylation sites (tertiary alicyclic amines) is 1. The van der Waals surface area contributed by atoms with Crippen molar-refractivity contribution >= 4 is 11.9 Å². The molecule has 0 spiro atoms. The average Bonchev–Trinajstić information content (AvgIpc) is 3.11. The number of hydrogen-bond acceptors (Lipinski definition) is 3. The van der Waals surface area contributed by atoms with Crippen LogP contribution in [-0.2, 0) is 9.59 Å². The van der Waals surface area contributed by atoms with Gasteiger partial charge in [-0.05, 0) is 39.2 Å². The maximum atomic E-state index is 12.2. The Bertz CT molecular complexity index is 368. The number of carbonyl (C=O) groups excluding carboxylic acids is 1. The summed E-state index contributed by atoms with van der Waals surface area (Å²) >= 11 is 0. The minimum Gasteiger partial charge on any atom is -0.481 e. The van der Waals surface area contributed by atoms with Gasteiger partial charge in [-0.3, -0.25) is 14.5 Å². The van der Waals surface area contributed by atoms with Crippen LogP contribution in [0.4, 0.5) is 0 Å². The number of likely N-dealkylation sites (N-methyl/N-ethyl adjacent to an activating group) is 1. The van der Waals surface area contributed by atoms with Crippen LogP contribution in [0.25, 0.3) is 0 Å². The lowest BCUT2D eigenvalue weighted by Gasteiger charge is -2.26. The van der Waals surface area contributed by atoms with Crippen molar-refractivity contribution in [3.63, 3.8) is 0 Å². The molecule has 2 fully saturated rings. The smallest absolute Gasteiger partial charge is 0.310 e. The van der Waals surface area contributed by atoms with E-state index in [9.17, 15) is 14.7 Å². The number of carbonyl (C=O) groups is 2. The van der Waals surface area contributed by atoms with E-state index in [1.807, 2.05) is 23.6 Å². The van der Waals surface area contributed by atoms with Gasteiger partial charge in [0.2, 0.25) is 5.91 Å². The third kappa shape index (κ3) is 2.91. The maximum absolute atomic E-state index is 12.2. The van der Waals surface area contributed by atoms with Gasteiger partial charge >= 0.3 is 5.97 Å². The van der Waals surface area contributed by atoms with Crippen molar-refractivity contribution in [2.75, 3.05) is 26.2 Å². The standard InChI is InChI=1S/C14H24N2O3/c1-3-14(13(18)19)7-8-15(10-14)9-12(17)16(4-2)11-5-6-11/h11H,3-10H2,1-2H3,(H,18,19). The molecule has 0 radical (unpaired) electrons. The molecule has 1 heterocycles. The molecule has 1 N–H and O–H groups in total. The highest BCUT2D eigenvalue weighted by molar-refractivity contribution is 5.79. The Hall–Kier alpha value is -1.10. The number of carboxylic acid groups (broad SMARTS) is 1. The molecule has 0 aromatic heterocycles. The van der Waals surface area contributed by atoms with Gasteiger partial charge in [0.05, 0.1) is 12.0 Å². The van der Waals surface area contributed by atoms with Crippen molar-refractivity contribution in [1.82, 2.24) is 9.80 Å². The molecule has 0 aromatic carbocycles. The lowest BCUT2D eigenvalue weighted by Crippen LogP contribution is -2.42. The molecule has 0 aromatic rings. The highest BCUT2D eigenvalue weighted by atomic mass is 16.4.